The average molecular weight is 272 g/mol. The number of piperidine rings is 1. The lowest BCUT2D eigenvalue weighted by Gasteiger charge is -2.31. The van der Waals surface area contributed by atoms with Gasteiger partial charge in [-0.1, -0.05) is 0 Å². The molecule has 5 nitrogen and oxygen atoms in total. The van der Waals surface area contributed by atoms with E-state index in [1.54, 1.807) is 14.2 Å². The third-order valence-corrected chi connectivity index (χ3v) is 3.72. The molecule has 0 aliphatic carbocycles. The third-order valence-electron chi connectivity index (χ3n) is 3.72. The zero-order chi connectivity index (χ0) is 14.1. The molecule has 1 atom stereocenters. The molecule has 0 aromatic carbocycles. The van der Waals surface area contributed by atoms with Crippen LogP contribution in [0.3, 0.4) is 0 Å². The molecule has 0 aromatic rings. The standard InChI is InChI=1S/C14H28N2O3/c1-12(11-19-3)16(8-9-18-2)14(17)10-13-4-6-15-7-5-13/h12-13,15H,4-11H2,1-3H3. The number of hydrogen-bond acceptors (Lipinski definition) is 4. The fraction of sp³-hybridized carbons (Fsp3) is 0.929. The summed E-state index contributed by atoms with van der Waals surface area (Å²) in [6.45, 7) is 5.88. The zero-order valence-electron chi connectivity index (χ0n) is 12.5. The molecule has 1 unspecified atom stereocenters. The van der Waals surface area contributed by atoms with Crippen molar-refractivity contribution in [3.63, 3.8) is 0 Å². The molecule has 0 spiro atoms. The first-order valence-electron chi connectivity index (χ1n) is 7.17. The minimum absolute atomic E-state index is 0.106. The van der Waals surface area contributed by atoms with Gasteiger partial charge in [-0.25, -0.2) is 0 Å². The Morgan fingerprint density at radius 3 is 2.58 bits per heavy atom. The van der Waals surface area contributed by atoms with Gasteiger partial charge in [-0.3, -0.25) is 4.79 Å². The highest BCUT2D eigenvalue weighted by Gasteiger charge is 2.24. The lowest BCUT2D eigenvalue weighted by atomic mass is 9.94. The maximum Gasteiger partial charge on any atom is 0.223 e. The van der Waals surface area contributed by atoms with Gasteiger partial charge in [0.2, 0.25) is 5.91 Å². The fourth-order valence-electron chi connectivity index (χ4n) is 2.56. The van der Waals surface area contributed by atoms with E-state index in [-0.39, 0.29) is 11.9 Å². The summed E-state index contributed by atoms with van der Waals surface area (Å²) in [6, 6.07) is 0.106. The number of nitrogens with one attached hydrogen (secondary N) is 1. The second-order valence-electron chi connectivity index (χ2n) is 5.28. The molecule has 0 bridgehead atoms. The lowest BCUT2D eigenvalue weighted by molar-refractivity contribution is -0.136. The van der Waals surface area contributed by atoms with Crippen LogP contribution in [0.4, 0.5) is 0 Å². The van der Waals surface area contributed by atoms with Crippen LogP contribution in [0.5, 0.6) is 0 Å². The summed E-state index contributed by atoms with van der Waals surface area (Å²) in [5.41, 5.74) is 0. The minimum Gasteiger partial charge on any atom is -0.383 e. The van der Waals surface area contributed by atoms with Crippen molar-refractivity contribution in [3.05, 3.63) is 0 Å². The molecular weight excluding hydrogens is 244 g/mol. The Morgan fingerprint density at radius 2 is 2.00 bits per heavy atom. The van der Waals surface area contributed by atoms with Crippen LogP contribution in [-0.2, 0) is 14.3 Å². The van der Waals surface area contributed by atoms with Crippen molar-refractivity contribution in [1.82, 2.24) is 10.2 Å². The number of amides is 1. The van der Waals surface area contributed by atoms with Crippen LogP contribution < -0.4 is 5.32 Å². The smallest absolute Gasteiger partial charge is 0.223 e. The molecule has 1 amide bonds. The second-order valence-corrected chi connectivity index (χ2v) is 5.28. The molecule has 1 N–H and O–H groups in total. The van der Waals surface area contributed by atoms with Crippen LogP contribution in [0.25, 0.3) is 0 Å². The van der Waals surface area contributed by atoms with E-state index < -0.39 is 0 Å². The summed E-state index contributed by atoms with van der Waals surface area (Å²) >= 11 is 0. The maximum absolute atomic E-state index is 12.4. The van der Waals surface area contributed by atoms with Gasteiger partial charge < -0.3 is 19.7 Å². The first kappa shape index (κ1) is 16.4. The highest BCUT2D eigenvalue weighted by molar-refractivity contribution is 5.76. The van der Waals surface area contributed by atoms with E-state index in [1.165, 1.54) is 0 Å². The maximum atomic E-state index is 12.4. The molecule has 5 heteroatoms. The Labute approximate surface area is 116 Å². The summed E-state index contributed by atoms with van der Waals surface area (Å²) in [6.07, 6.45) is 2.85. The van der Waals surface area contributed by atoms with Crippen LogP contribution in [0.1, 0.15) is 26.2 Å². The van der Waals surface area contributed by atoms with Crippen LogP contribution >= 0.6 is 0 Å². The fourth-order valence-corrected chi connectivity index (χ4v) is 2.56. The Hall–Kier alpha value is -0.650. The molecule has 19 heavy (non-hydrogen) atoms. The number of ether oxygens (including phenoxy) is 2. The van der Waals surface area contributed by atoms with E-state index in [2.05, 4.69) is 5.32 Å². The summed E-state index contributed by atoms with van der Waals surface area (Å²) in [7, 11) is 3.33. The van der Waals surface area contributed by atoms with Crippen molar-refractivity contribution in [1.29, 1.82) is 0 Å². The largest absolute Gasteiger partial charge is 0.383 e. The van der Waals surface area contributed by atoms with Crippen LogP contribution in [-0.4, -0.2) is 63.9 Å². The molecule has 1 aliphatic rings. The Kier molecular flexibility index (Phi) is 8.02. The van der Waals surface area contributed by atoms with E-state index in [1.807, 2.05) is 11.8 Å². The number of carbonyl (C=O) groups excluding carboxylic acids is 1. The molecule has 0 radical (unpaired) electrons. The van der Waals surface area contributed by atoms with Gasteiger partial charge in [0, 0.05) is 27.2 Å². The van der Waals surface area contributed by atoms with Crippen LogP contribution in [0, 0.1) is 5.92 Å². The Morgan fingerprint density at radius 1 is 1.32 bits per heavy atom. The van der Waals surface area contributed by atoms with E-state index in [4.69, 9.17) is 9.47 Å². The van der Waals surface area contributed by atoms with Crippen molar-refractivity contribution in [2.75, 3.05) is 47.1 Å². The molecule has 0 aromatic heterocycles. The minimum atomic E-state index is 0.106. The number of rotatable bonds is 8. The number of hydrogen-bond donors (Lipinski definition) is 1. The highest BCUT2D eigenvalue weighted by Crippen LogP contribution is 2.18. The Balaban J connectivity index is 2.48. The molecule has 1 fully saturated rings. The van der Waals surface area contributed by atoms with Crippen LogP contribution in [0.15, 0.2) is 0 Å². The summed E-state index contributed by atoms with van der Waals surface area (Å²) in [4.78, 5) is 14.3. The zero-order valence-corrected chi connectivity index (χ0v) is 12.5. The van der Waals surface area contributed by atoms with Gasteiger partial charge in [0.25, 0.3) is 0 Å². The third kappa shape index (κ3) is 5.89. The van der Waals surface area contributed by atoms with Crippen molar-refractivity contribution < 1.29 is 14.3 Å². The van der Waals surface area contributed by atoms with Gasteiger partial charge in [-0.2, -0.15) is 0 Å². The van der Waals surface area contributed by atoms with Crippen LogP contribution in [0.2, 0.25) is 0 Å². The monoisotopic (exact) mass is 272 g/mol. The van der Waals surface area contributed by atoms with E-state index in [0.717, 1.165) is 25.9 Å². The van der Waals surface area contributed by atoms with Crippen molar-refractivity contribution in [2.24, 2.45) is 5.92 Å². The SMILES string of the molecule is COCCN(C(=O)CC1CCNCC1)C(C)COC. The first-order valence-corrected chi connectivity index (χ1v) is 7.17. The normalized spacial score (nSPS) is 18.3. The van der Waals surface area contributed by atoms with Gasteiger partial charge in [0.1, 0.15) is 0 Å². The summed E-state index contributed by atoms with van der Waals surface area (Å²) in [5, 5.41) is 3.33. The number of nitrogens with zero attached hydrogens (tertiary/aromatic N) is 1. The first-order chi connectivity index (χ1) is 9.19. The summed E-state index contributed by atoms with van der Waals surface area (Å²) < 4.78 is 10.3. The van der Waals surface area contributed by atoms with E-state index in [0.29, 0.717) is 32.1 Å². The predicted octanol–water partition coefficient (Wildman–Crippen LogP) is 0.886. The quantitative estimate of drug-likeness (QED) is 0.713. The molecule has 1 rings (SSSR count). The van der Waals surface area contributed by atoms with Gasteiger partial charge >= 0.3 is 0 Å². The molecule has 1 heterocycles. The van der Waals surface area contributed by atoms with Crippen molar-refractivity contribution in [3.8, 4) is 0 Å². The molecule has 1 saturated heterocycles. The second kappa shape index (κ2) is 9.28. The van der Waals surface area contributed by atoms with Gasteiger partial charge in [-0.15, -0.1) is 0 Å². The predicted molar refractivity (Wildman–Crippen MR) is 75.1 cm³/mol. The highest BCUT2D eigenvalue weighted by atomic mass is 16.5. The number of methoxy groups -OCH3 is 2. The van der Waals surface area contributed by atoms with Gasteiger partial charge in [-0.05, 0) is 38.8 Å². The molecule has 112 valence electrons. The summed E-state index contributed by atoms with van der Waals surface area (Å²) in [5.74, 6) is 0.752. The topological polar surface area (TPSA) is 50.8 Å². The van der Waals surface area contributed by atoms with Gasteiger partial charge in [0.15, 0.2) is 0 Å². The number of carbonyl (C=O) groups is 1. The molecular formula is C14H28N2O3. The van der Waals surface area contributed by atoms with Crippen molar-refractivity contribution in [2.45, 2.75) is 32.2 Å². The van der Waals surface area contributed by atoms with Crippen molar-refractivity contribution >= 4 is 5.91 Å². The average Bonchev–Trinajstić information content (AvgIpc) is 2.40. The Bertz CT molecular complexity index is 255. The molecule has 0 saturated carbocycles. The lowest BCUT2D eigenvalue weighted by Crippen LogP contribution is -2.44. The molecule has 1 aliphatic heterocycles. The van der Waals surface area contributed by atoms with E-state index in [9.17, 15) is 4.79 Å². The van der Waals surface area contributed by atoms with Gasteiger partial charge in [0.05, 0.1) is 19.3 Å². The van der Waals surface area contributed by atoms with E-state index >= 15 is 0 Å².